The van der Waals surface area contributed by atoms with Gasteiger partial charge in [-0.1, -0.05) is 48.5 Å². The fraction of sp³-hybridized carbons (Fsp3) is 0.122. The summed E-state index contributed by atoms with van der Waals surface area (Å²) in [6.07, 6.45) is 3.60. The smallest absolute Gasteiger partial charge is 0.161 e. The van der Waals surface area contributed by atoms with Gasteiger partial charge in [-0.15, -0.1) is 22.7 Å². The van der Waals surface area contributed by atoms with Crippen LogP contribution in [0.25, 0.3) is 63.8 Å². The monoisotopic (exact) mass is 740 g/mol. The number of thiazole rings is 2. The summed E-state index contributed by atoms with van der Waals surface area (Å²) in [5, 5.41) is 4.86. The maximum atomic E-state index is 14.8. The number of fused-ring (bicyclic) bond motifs is 3. The zero-order valence-electron chi connectivity index (χ0n) is 28.1. The highest BCUT2D eigenvalue weighted by molar-refractivity contribution is 7.22. The van der Waals surface area contributed by atoms with Crippen molar-refractivity contribution >= 4 is 54.7 Å². The van der Waals surface area contributed by atoms with E-state index in [-0.39, 0.29) is 12.4 Å². The summed E-state index contributed by atoms with van der Waals surface area (Å²) >= 11 is 2.89. The van der Waals surface area contributed by atoms with Gasteiger partial charge >= 0.3 is 0 Å². The average molecular weight is 741 g/mol. The van der Waals surface area contributed by atoms with E-state index >= 15 is 0 Å². The molecule has 8 aromatic rings. The van der Waals surface area contributed by atoms with E-state index in [1.54, 1.807) is 18.3 Å². The number of nitrogens with one attached hydrogen (secondary N) is 1. The van der Waals surface area contributed by atoms with Crippen molar-refractivity contribution in [1.29, 1.82) is 0 Å². The summed E-state index contributed by atoms with van der Waals surface area (Å²) in [6, 6.07) is 30.3. The fourth-order valence-electron chi connectivity index (χ4n) is 6.30. The average Bonchev–Trinajstić information content (AvgIpc) is 3.95. The van der Waals surface area contributed by atoms with Gasteiger partial charge in [0.25, 0.3) is 0 Å². The molecule has 262 valence electrons. The quantitative estimate of drug-likeness (QED) is 0.143. The van der Waals surface area contributed by atoms with Crippen LogP contribution in [-0.4, -0.2) is 45.9 Å². The first-order valence-corrected chi connectivity index (χ1v) is 18.6. The highest BCUT2D eigenvalue weighted by atomic mass is 32.1. The lowest BCUT2D eigenvalue weighted by Gasteiger charge is -2.17. The van der Waals surface area contributed by atoms with Crippen molar-refractivity contribution in [1.82, 2.24) is 19.9 Å². The van der Waals surface area contributed by atoms with Crippen molar-refractivity contribution in [3.8, 4) is 54.9 Å². The Labute approximate surface area is 311 Å². The maximum absolute atomic E-state index is 14.8. The Bertz CT molecular complexity index is 2590. The Kier molecular flexibility index (Phi) is 8.61. The number of alkyl halides is 1. The lowest BCUT2D eigenvalue weighted by Crippen LogP contribution is -2.27. The number of halogens is 2. The van der Waals surface area contributed by atoms with E-state index in [0.717, 1.165) is 67.4 Å². The lowest BCUT2D eigenvalue weighted by atomic mass is 10.0. The molecule has 1 aliphatic rings. The Morgan fingerprint density at radius 3 is 2.19 bits per heavy atom. The second-order valence-corrected chi connectivity index (χ2v) is 14.7. The van der Waals surface area contributed by atoms with E-state index in [1.807, 2.05) is 72.9 Å². The van der Waals surface area contributed by atoms with Gasteiger partial charge in [0, 0.05) is 47.3 Å². The predicted molar refractivity (Wildman–Crippen MR) is 209 cm³/mol. The molecule has 5 heterocycles. The van der Waals surface area contributed by atoms with E-state index in [4.69, 9.17) is 25.2 Å². The molecule has 0 radical (unpaired) electrons. The summed E-state index contributed by atoms with van der Waals surface area (Å²) in [7, 11) is 0. The summed E-state index contributed by atoms with van der Waals surface area (Å²) in [5.74, 6) is 1.67. The number of nitrogen functional groups attached to an aromatic ring is 1. The van der Waals surface area contributed by atoms with Gasteiger partial charge in [0.2, 0.25) is 0 Å². The van der Waals surface area contributed by atoms with Crippen LogP contribution in [0.1, 0.15) is 5.56 Å². The van der Waals surface area contributed by atoms with Crippen LogP contribution >= 0.6 is 22.7 Å². The van der Waals surface area contributed by atoms with Gasteiger partial charge in [0.1, 0.15) is 57.8 Å². The molecule has 1 aliphatic heterocycles. The molecule has 12 heteroatoms. The first-order chi connectivity index (χ1) is 26.0. The zero-order valence-corrected chi connectivity index (χ0v) is 29.7. The minimum atomic E-state index is -0.983. The number of nitrogens with two attached hydrogens (primary N) is 1. The standard InChI is InChI=1S/C41H30F2N6O2S2/c42-19-32(22-50-31-10-11-33-35(18-31)52-40(48-33)25-5-1-23(2-6-25)28-9-12-37(44)46-20-28)51-34-16-30(43)17-36-38(34)49-41(53-36)26-7-3-24(4-8-26)29-15-27-13-14-45-39(27)47-21-29/h1-12,15-18,20-21,32H,13-14,19,22H2,(H2,44,46)(H,45,47). The normalized spacial score (nSPS) is 12.9. The second kappa shape index (κ2) is 13.9. The largest absolute Gasteiger partial charge is 0.490 e. The van der Waals surface area contributed by atoms with Crippen LogP contribution in [0.2, 0.25) is 0 Å². The zero-order chi connectivity index (χ0) is 35.9. The molecule has 0 spiro atoms. The number of hydrogen-bond acceptors (Lipinski definition) is 10. The third-order valence-corrected chi connectivity index (χ3v) is 11.2. The molecule has 8 nitrogen and oxygen atoms in total. The Balaban J connectivity index is 0.885. The van der Waals surface area contributed by atoms with Crippen molar-refractivity contribution in [2.45, 2.75) is 12.5 Å². The Morgan fingerprint density at radius 1 is 0.736 bits per heavy atom. The van der Waals surface area contributed by atoms with Crippen LogP contribution in [0.3, 0.4) is 0 Å². The van der Waals surface area contributed by atoms with E-state index in [0.29, 0.717) is 26.8 Å². The molecule has 0 amide bonds. The van der Waals surface area contributed by atoms with Gasteiger partial charge < -0.3 is 20.5 Å². The van der Waals surface area contributed by atoms with Crippen LogP contribution < -0.4 is 20.5 Å². The highest BCUT2D eigenvalue weighted by Gasteiger charge is 2.19. The van der Waals surface area contributed by atoms with Crippen molar-refractivity contribution in [3.63, 3.8) is 0 Å². The molecule has 53 heavy (non-hydrogen) atoms. The van der Waals surface area contributed by atoms with Gasteiger partial charge in [-0.05, 0) is 65.6 Å². The first-order valence-electron chi connectivity index (χ1n) is 17.0. The van der Waals surface area contributed by atoms with Crippen LogP contribution in [-0.2, 0) is 6.42 Å². The highest BCUT2D eigenvalue weighted by Crippen LogP contribution is 2.38. The summed E-state index contributed by atoms with van der Waals surface area (Å²) < 4.78 is 42.7. The van der Waals surface area contributed by atoms with Crippen LogP contribution in [0.5, 0.6) is 11.5 Å². The number of anilines is 2. The molecule has 3 N–H and O–H groups in total. The number of rotatable bonds is 10. The minimum Gasteiger partial charge on any atom is -0.490 e. The van der Waals surface area contributed by atoms with Gasteiger partial charge in [0.15, 0.2) is 6.10 Å². The predicted octanol–water partition coefficient (Wildman–Crippen LogP) is 9.85. The Morgan fingerprint density at radius 2 is 1.43 bits per heavy atom. The molecule has 0 saturated heterocycles. The second-order valence-electron chi connectivity index (χ2n) is 12.7. The van der Waals surface area contributed by atoms with E-state index in [2.05, 4.69) is 21.4 Å². The number of ether oxygens (including phenoxy) is 2. The molecule has 0 bridgehead atoms. The maximum Gasteiger partial charge on any atom is 0.161 e. The number of aromatic nitrogens is 4. The first kappa shape index (κ1) is 32.9. The summed E-state index contributed by atoms with van der Waals surface area (Å²) in [6.45, 7) is -0.0138. The fourth-order valence-corrected chi connectivity index (χ4v) is 8.31. The van der Waals surface area contributed by atoms with Gasteiger partial charge in [-0.25, -0.2) is 28.7 Å². The third-order valence-electron chi connectivity index (χ3n) is 9.06. The van der Waals surface area contributed by atoms with Crippen LogP contribution in [0, 0.1) is 5.82 Å². The Hall–Kier alpha value is -5.98. The van der Waals surface area contributed by atoms with Gasteiger partial charge in [-0.2, -0.15) is 0 Å². The molecular weight excluding hydrogens is 711 g/mol. The molecule has 1 atom stereocenters. The lowest BCUT2D eigenvalue weighted by molar-refractivity contribution is 0.105. The molecule has 0 fully saturated rings. The molecule has 4 aromatic carbocycles. The molecule has 1 unspecified atom stereocenters. The minimum absolute atomic E-state index is 0.0841. The number of benzene rings is 4. The van der Waals surface area contributed by atoms with Crippen molar-refractivity contribution in [3.05, 3.63) is 121 Å². The molecule has 9 rings (SSSR count). The van der Waals surface area contributed by atoms with E-state index < -0.39 is 18.6 Å². The molecule has 0 saturated carbocycles. The molecular formula is C41H30F2N6O2S2. The van der Waals surface area contributed by atoms with Gasteiger partial charge in [0.05, 0.1) is 14.9 Å². The van der Waals surface area contributed by atoms with E-state index in [9.17, 15) is 8.78 Å². The number of pyridine rings is 2. The SMILES string of the molecule is Nc1ccc(-c2ccc(-c3nc4ccc(OCC(CF)Oc5cc(F)cc6sc(-c7ccc(-c8cnc9c(c8)CCN9)cc7)nc56)cc4s3)cc2)cn1. The number of hydrogen-bond donors (Lipinski definition) is 2. The summed E-state index contributed by atoms with van der Waals surface area (Å²) in [4.78, 5) is 18.3. The van der Waals surface area contributed by atoms with E-state index in [1.165, 1.54) is 40.4 Å². The van der Waals surface area contributed by atoms with Crippen LogP contribution in [0.4, 0.5) is 20.4 Å². The van der Waals surface area contributed by atoms with Crippen molar-refractivity contribution in [2.24, 2.45) is 0 Å². The molecule has 4 aromatic heterocycles. The number of nitrogens with zero attached hydrogens (tertiary/aromatic N) is 4. The van der Waals surface area contributed by atoms with Crippen molar-refractivity contribution < 1.29 is 18.3 Å². The summed E-state index contributed by atoms with van der Waals surface area (Å²) in [5.41, 5.74) is 14.2. The molecule has 0 aliphatic carbocycles. The van der Waals surface area contributed by atoms with Gasteiger partial charge in [-0.3, -0.25) is 0 Å². The third kappa shape index (κ3) is 6.74. The topological polar surface area (TPSA) is 108 Å². The van der Waals surface area contributed by atoms with Crippen LogP contribution in [0.15, 0.2) is 109 Å². The van der Waals surface area contributed by atoms with Crippen molar-refractivity contribution in [2.75, 3.05) is 30.9 Å².